The van der Waals surface area contributed by atoms with E-state index in [4.69, 9.17) is 4.74 Å². The van der Waals surface area contributed by atoms with E-state index in [1.807, 2.05) is 7.05 Å². The van der Waals surface area contributed by atoms with Crippen LogP contribution in [-0.4, -0.2) is 31.4 Å². The fourth-order valence-electron chi connectivity index (χ4n) is 5.46. The van der Waals surface area contributed by atoms with Gasteiger partial charge in [0.15, 0.2) is 0 Å². The number of nitrogens with zero attached hydrogens (tertiary/aromatic N) is 1. The van der Waals surface area contributed by atoms with Gasteiger partial charge in [-0.3, -0.25) is 0 Å². The average molecular weight is 287 g/mol. The van der Waals surface area contributed by atoms with E-state index in [-0.39, 0.29) is 16.1 Å². The topological polar surface area (TPSA) is 32.3 Å². The van der Waals surface area contributed by atoms with Gasteiger partial charge in [-0.2, -0.15) is 0 Å². The molecule has 1 aliphatic heterocycles. The fourth-order valence-corrected chi connectivity index (χ4v) is 5.46. The molecule has 3 heteroatoms. The number of hydrogen-bond acceptors (Lipinski definition) is 2. The van der Waals surface area contributed by atoms with Crippen molar-refractivity contribution in [2.24, 2.45) is 5.92 Å². The van der Waals surface area contributed by atoms with E-state index >= 15 is 0 Å². The Morgan fingerprint density at radius 2 is 2.14 bits per heavy atom. The molecule has 4 atom stereocenters. The van der Waals surface area contributed by atoms with Gasteiger partial charge in [-0.25, -0.2) is 0 Å². The molecule has 1 aromatic rings. The molecule has 1 saturated carbocycles. The number of piperidine rings is 1. The Morgan fingerprint density at radius 1 is 1.29 bits per heavy atom. The number of ether oxygens (including phenoxy) is 1. The molecule has 1 aromatic carbocycles. The second-order valence-corrected chi connectivity index (χ2v) is 7.45. The number of hydroxylamine groups is 3. The van der Waals surface area contributed by atoms with Crippen molar-refractivity contribution in [3.63, 3.8) is 0 Å². The van der Waals surface area contributed by atoms with Gasteiger partial charge in [0.05, 0.1) is 26.7 Å². The van der Waals surface area contributed by atoms with Crippen molar-refractivity contribution >= 4 is 0 Å². The van der Waals surface area contributed by atoms with E-state index in [0.717, 1.165) is 25.1 Å². The zero-order chi connectivity index (χ0) is 14.7. The van der Waals surface area contributed by atoms with Crippen LogP contribution in [0.3, 0.4) is 0 Å². The summed E-state index contributed by atoms with van der Waals surface area (Å²) in [5, 5.41) is 13.0. The maximum atomic E-state index is 13.0. The molecular weight excluding hydrogens is 262 g/mol. The fraction of sp³-hybridized carbons (Fsp3) is 0.667. The highest BCUT2D eigenvalue weighted by molar-refractivity contribution is 5.45. The molecule has 3 aliphatic rings. The van der Waals surface area contributed by atoms with Crippen molar-refractivity contribution in [3.8, 4) is 5.75 Å². The van der Waals surface area contributed by atoms with Crippen LogP contribution >= 0.6 is 0 Å². The number of likely N-dealkylation sites (N-methyl/N-ethyl adjacent to an activating group) is 1. The molecule has 2 bridgehead atoms. The van der Waals surface area contributed by atoms with Crippen LogP contribution in [0.15, 0.2) is 18.2 Å². The first-order chi connectivity index (χ1) is 10.1. The molecule has 21 heavy (non-hydrogen) atoms. The van der Waals surface area contributed by atoms with Crippen molar-refractivity contribution in [2.75, 3.05) is 20.7 Å². The average Bonchev–Trinajstić information content (AvgIpc) is 2.51. The molecule has 3 nitrogen and oxygen atoms in total. The lowest BCUT2D eigenvalue weighted by atomic mass is 9.52. The minimum atomic E-state index is -0.0299. The molecule has 0 aromatic heterocycles. The lowest BCUT2D eigenvalue weighted by Crippen LogP contribution is -2.66. The Labute approximate surface area is 127 Å². The van der Waals surface area contributed by atoms with Crippen molar-refractivity contribution in [2.45, 2.75) is 50.0 Å². The summed E-state index contributed by atoms with van der Waals surface area (Å²) in [5.41, 5.74) is 3.16. The Morgan fingerprint density at radius 3 is 2.95 bits per heavy atom. The number of quaternary nitrogens is 1. The summed E-state index contributed by atoms with van der Waals surface area (Å²) in [6.07, 6.45) is 7.09. The minimum absolute atomic E-state index is 0.0299. The van der Waals surface area contributed by atoms with Crippen molar-refractivity contribution in [1.29, 1.82) is 0 Å². The molecule has 1 unspecified atom stereocenters. The number of methoxy groups -OCH3 is 1. The number of benzene rings is 1. The van der Waals surface area contributed by atoms with Gasteiger partial charge in [-0.15, -0.1) is 0 Å². The van der Waals surface area contributed by atoms with Crippen LogP contribution in [0.5, 0.6) is 5.75 Å². The third kappa shape index (κ3) is 1.80. The summed E-state index contributed by atoms with van der Waals surface area (Å²) in [5.74, 6) is 1.54. The SMILES string of the molecule is COc1ccc2c(c1)[C@@]13CCCC[C@H]1[C@@H](C2)[N+](C)([O-])CC3. The van der Waals surface area contributed by atoms with Crippen LogP contribution < -0.4 is 4.74 Å². The van der Waals surface area contributed by atoms with Crippen LogP contribution in [0.1, 0.15) is 43.2 Å². The molecule has 0 amide bonds. The highest BCUT2D eigenvalue weighted by Gasteiger charge is 2.57. The van der Waals surface area contributed by atoms with E-state index < -0.39 is 0 Å². The van der Waals surface area contributed by atoms with Crippen molar-refractivity contribution in [3.05, 3.63) is 34.5 Å². The quantitative estimate of drug-likeness (QED) is 0.586. The van der Waals surface area contributed by atoms with Gasteiger partial charge < -0.3 is 14.6 Å². The first kappa shape index (κ1) is 13.6. The molecule has 0 radical (unpaired) electrons. The molecule has 2 aliphatic carbocycles. The zero-order valence-corrected chi connectivity index (χ0v) is 13.1. The van der Waals surface area contributed by atoms with Crippen LogP contribution in [0.4, 0.5) is 0 Å². The maximum absolute atomic E-state index is 13.0. The van der Waals surface area contributed by atoms with Crippen LogP contribution in [0, 0.1) is 11.1 Å². The highest BCUT2D eigenvalue weighted by atomic mass is 16.5. The first-order valence-electron chi connectivity index (χ1n) is 8.30. The van der Waals surface area contributed by atoms with Gasteiger partial charge >= 0.3 is 0 Å². The van der Waals surface area contributed by atoms with E-state index in [1.54, 1.807) is 7.11 Å². The van der Waals surface area contributed by atoms with Crippen LogP contribution in [0.2, 0.25) is 0 Å². The van der Waals surface area contributed by atoms with E-state index in [9.17, 15) is 5.21 Å². The Hall–Kier alpha value is -1.06. The predicted octanol–water partition coefficient (Wildman–Crippen LogP) is 3.40. The molecule has 1 saturated heterocycles. The molecule has 114 valence electrons. The summed E-state index contributed by atoms with van der Waals surface area (Å²) in [6, 6.07) is 6.80. The molecule has 2 fully saturated rings. The monoisotopic (exact) mass is 287 g/mol. The van der Waals surface area contributed by atoms with Gasteiger partial charge in [0.25, 0.3) is 0 Å². The summed E-state index contributed by atoms with van der Waals surface area (Å²) in [6.45, 7) is 0.776. The number of likely N-dealkylation sites (tertiary alicyclic amines) is 1. The van der Waals surface area contributed by atoms with Crippen molar-refractivity contribution < 1.29 is 9.38 Å². The lowest BCUT2D eigenvalue weighted by molar-refractivity contribution is -0.899. The maximum Gasteiger partial charge on any atom is 0.119 e. The van der Waals surface area contributed by atoms with E-state index in [2.05, 4.69) is 18.2 Å². The minimum Gasteiger partial charge on any atom is -0.633 e. The Kier molecular flexibility index (Phi) is 2.89. The smallest absolute Gasteiger partial charge is 0.119 e. The summed E-state index contributed by atoms with van der Waals surface area (Å²) in [7, 11) is 3.65. The number of fused-ring (bicyclic) bond motifs is 1. The zero-order valence-electron chi connectivity index (χ0n) is 13.1. The normalized spacial score (nSPS) is 41.1. The standard InChI is InChI=1S/C18H25NO2/c1-19(20)10-9-18-8-4-3-5-15(18)17(19)11-13-6-7-14(21-2)12-16(13)18/h6-7,12,15,17H,3-5,8-11H2,1-2H3/t15-,17+,18+,19?/m0/s1. The third-order valence-electron chi connectivity index (χ3n) is 6.55. The second-order valence-electron chi connectivity index (χ2n) is 7.45. The lowest BCUT2D eigenvalue weighted by Gasteiger charge is -2.63. The molecule has 0 spiro atoms. The Balaban J connectivity index is 1.89. The van der Waals surface area contributed by atoms with E-state index in [0.29, 0.717) is 5.92 Å². The number of rotatable bonds is 1. The summed E-state index contributed by atoms with van der Waals surface area (Å²) >= 11 is 0. The third-order valence-corrected chi connectivity index (χ3v) is 6.55. The predicted molar refractivity (Wildman–Crippen MR) is 83.2 cm³/mol. The molecule has 4 rings (SSSR count). The van der Waals surface area contributed by atoms with Crippen LogP contribution in [-0.2, 0) is 11.8 Å². The molecule has 0 N–H and O–H groups in total. The summed E-state index contributed by atoms with van der Waals surface area (Å²) < 4.78 is 5.44. The molecule has 1 heterocycles. The van der Waals surface area contributed by atoms with Gasteiger partial charge in [0.1, 0.15) is 5.75 Å². The first-order valence-corrected chi connectivity index (χ1v) is 8.30. The van der Waals surface area contributed by atoms with Gasteiger partial charge in [-0.1, -0.05) is 18.9 Å². The number of hydrogen-bond donors (Lipinski definition) is 0. The highest BCUT2D eigenvalue weighted by Crippen LogP contribution is 2.57. The van der Waals surface area contributed by atoms with E-state index in [1.165, 1.54) is 36.8 Å². The molecular formula is C18H25NO2. The van der Waals surface area contributed by atoms with Crippen LogP contribution in [0.25, 0.3) is 0 Å². The van der Waals surface area contributed by atoms with Gasteiger partial charge in [-0.05, 0) is 36.1 Å². The Bertz CT molecular complexity index is 568. The van der Waals surface area contributed by atoms with Gasteiger partial charge in [0, 0.05) is 24.2 Å². The summed E-state index contributed by atoms with van der Waals surface area (Å²) in [4.78, 5) is 0. The second kappa shape index (κ2) is 4.47. The van der Waals surface area contributed by atoms with Gasteiger partial charge in [0.2, 0.25) is 0 Å². The largest absolute Gasteiger partial charge is 0.633 e. The van der Waals surface area contributed by atoms with Crippen molar-refractivity contribution in [1.82, 2.24) is 0 Å².